The van der Waals surface area contributed by atoms with Gasteiger partial charge in [-0.25, -0.2) is 9.78 Å². The summed E-state index contributed by atoms with van der Waals surface area (Å²) in [6.07, 6.45) is -1.55. The first kappa shape index (κ1) is 27.1. The van der Waals surface area contributed by atoms with Crippen LogP contribution in [0.25, 0.3) is 0 Å². The van der Waals surface area contributed by atoms with E-state index in [0.29, 0.717) is 5.75 Å². The van der Waals surface area contributed by atoms with Crippen LogP contribution < -0.4 is 15.7 Å². The van der Waals surface area contributed by atoms with E-state index in [1.54, 1.807) is 7.11 Å². The summed E-state index contributed by atoms with van der Waals surface area (Å²) in [6, 6.07) is 27.5. The predicted octanol–water partition coefficient (Wildman–Crippen LogP) is 2.65. The van der Waals surface area contributed by atoms with Gasteiger partial charge in [-0.1, -0.05) is 72.8 Å². The smallest absolute Gasteiger partial charge is 0.354 e. The maximum Gasteiger partial charge on any atom is 0.354 e. The fourth-order valence-corrected chi connectivity index (χ4v) is 5.47. The zero-order chi connectivity index (χ0) is 28.4. The van der Waals surface area contributed by atoms with Crippen molar-refractivity contribution in [3.05, 3.63) is 118 Å². The zero-order valence-corrected chi connectivity index (χ0v) is 22.5. The Bertz CT molecular complexity index is 1480. The molecule has 5 unspecified atom stereocenters. The molecule has 2 aliphatic heterocycles. The number of anilines is 1. The van der Waals surface area contributed by atoms with Gasteiger partial charge in [0.25, 0.3) is 6.48 Å². The highest BCUT2D eigenvalue weighted by Crippen LogP contribution is 2.41. The minimum Gasteiger partial charge on any atom is -0.497 e. The van der Waals surface area contributed by atoms with E-state index >= 15 is 0 Å². The standard InChI is InChI=1S/C30H30N4O7/c1-37-22-15-13-21(14-16-22)30(19-9-5-3-6-10-19,20-11-7-4-8-12-20)33-27-31-18-34(28(36)32-27)26-25-24(23(17-35)39-26)40-29(38-2)41-25/h3-16,18,23-26,29,35H,17H2,1-2H3,(H,32,33,36). The third-order valence-corrected chi connectivity index (χ3v) is 7.43. The highest BCUT2D eigenvalue weighted by Gasteiger charge is 2.54. The third kappa shape index (κ3) is 4.88. The molecule has 41 heavy (non-hydrogen) atoms. The molecule has 0 bridgehead atoms. The fraction of sp³-hybridized carbons (Fsp3) is 0.300. The average molecular weight is 559 g/mol. The maximum atomic E-state index is 13.4. The van der Waals surface area contributed by atoms with E-state index in [1.165, 1.54) is 18.0 Å². The Morgan fingerprint density at radius 1 is 0.878 bits per heavy atom. The van der Waals surface area contributed by atoms with Gasteiger partial charge in [0.1, 0.15) is 35.9 Å². The normalized spacial score (nSPS) is 23.7. The molecule has 0 aliphatic carbocycles. The largest absolute Gasteiger partial charge is 0.497 e. The molecule has 2 aliphatic rings. The number of benzene rings is 3. The SMILES string of the molecule is COc1ccc(C(Nc2ncn(C3OC(CO)C4OC(OC)OC43)c(=O)n2)(c2ccccc2)c2ccccc2)cc1. The molecule has 2 N–H and O–H groups in total. The fourth-order valence-electron chi connectivity index (χ4n) is 5.47. The van der Waals surface area contributed by atoms with Crippen LogP contribution in [0.1, 0.15) is 22.9 Å². The molecule has 212 valence electrons. The minimum atomic E-state index is -0.960. The first-order valence-electron chi connectivity index (χ1n) is 13.2. The minimum absolute atomic E-state index is 0.112. The van der Waals surface area contributed by atoms with Crippen LogP contribution in [0.15, 0.2) is 96.1 Å². The Hall–Kier alpha value is -4.13. The van der Waals surface area contributed by atoms with Gasteiger partial charge in [-0.05, 0) is 28.8 Å². The van der Waals surface area contributed by atoms with Crippen LogP contribution in [0.5, 0.6) is 5.75 Å². The number of methoxy groups -OCH3 is 2. The molecular formula is C30H30N4O7. The molecule has 11 heteroatoms. The van der Waals surface area contributed by atoms with Gasteiger partial charge in [0, 0.05) is 7.11 Å². The van der Waals surface area contributed by atoms with E-state index in [2.05, 4.69) is 15.3 Å². The summed E-state index contributed by atoms with van der Waals surface area (Å²) in [5.41, 5.74) is 1.15. The summed E-state index contributed by atoms with van der Waals surface area (Å²) in [6.45, 7) is -1.24. The van der Waals surface area contributed by atoms with E-state index in [-0.39, 0.29) is 12.6 Å². The second-order valence-corrected chi connectivity index (χ2v) is 9.68. The molecule has 2 saturated heterocycles. The Kier molecular flexibility index (Phi) is 7.52. The second kappa shape index (κ2) is 11.4. The van der Waals surface area contributed by atoms with E-state index in [0.717, 1.165) is 16.7 Å². The summed E-state index contributed by atoms with van der Waals surface area (Å²) in [5.74, 6) is 0.828. The number of nitrogens with zero attached hydrogens (tertiary/aromatic N) is 3. The van der Waals surface area contributed by atoms with Gasteiger partial charge < -0.3 is 34.1 Å². The van der Waals surface area contributed by atoms with E-state index < -0.39 is 42.2 Å². The molecule has 0 spiro atoms. The van der Waals surface area contributed by atoms with Crippen LogP contribution in [0.4, 0.5) is 5.95 Å². The molecule has 2 fully saturated rings. The number of aliphatic hydroxyl groups excluding tert-OH is 1. The molecule has 0 saturated carbocycles. The van der Waals surface area contributed by atoms with Crippen molar-refractivity contribution in [2.45, 2.75) is 36.6 Å². The monoisotopic (exact) mass is 558 g/mol. The van der Waals surface area contributed by atoms with Gasteiger partial charge in [-0.15, -0.1) is 0 Å². The predicted molar refractivity (Wildman–Crippen MR) is 147 cm³/mol. The summed E-state index contributed by atoms with van der Waals surface area (Å²) in [4.78, 5) is 22.3. The number of hydrogen-bond acceptors (Lipinski definition) is 10. The Morgan fingerprint density at radius 3 is 2.05 bits per heavy atom. The molecule has 0 radical (unpaired) electrons. The number of ether oxygens (including phenoxy) is 5. The zero-order valence-electron chi connectivity index (χ0n) is 22.5. The van der Waals surface area contributed by atoms with Crippen molar-refractivity contribution >= 4 is 5.95 Å². The molecule has 6 rings (SSSR count). The van der Waals surface area contributed by atoms with Crippen LogP contribution in [0.3, 0.4) is 0 Å². The first-order valence-corrected chi connectivity index (χ1v) is 13.2. The average Bonchev–Trinajstić information content (AvgIpc) is 3.60. The van der Waals surface area contributed by atoms with E-state index in [4.69, 9.17) is 23.7 Å². The molecule has 3 aromatic carbocycles. The van der Waals surface area contributed by atoms with Crippen molar-refractivity contribution in [1.82, 2.24) is 14.5 Å². The van der Waals surface area contributed by atoms with Crippen LogP contribution in [0.2, 0.25) is 0 Å². The van der Waals surface area contributed by atoms with Crippen LogP contribution in [-0.2, 0) is 24.5 Å². The lowest BCUT2D eigenvalue weighted by atomic mass is 9.77. The number of hydrogen-bond donors (Lipinski definition) is 2. The van der Waals surface area contributed by atoms with Crippen molar-refractivity contribution < 1.29 is 28.8 Å². The molecule has 5 atom stereocenters. The lowest BCUT2D eigenvalue weighted by Gasteiger charge is -2.37. The molecular weight excluding hydrogens is 528 g/mol. The van der Waals surface area contributed by atoms with Crippen LogP contribution >= 0.6 is 0 Å². The van der Waals surface area contributed by atoms with E-state index in [1.807, 2.05) is 84.9 Å². The van der Waals surface area contributed by atoms with Crippen LogP contribution in [-0.4, -0.2) is 65.3 Å². The second-order valence-electron chi connectivity index (χ2n) is 9.68. The Morgan fingerprint density at radius 2 is 1.49 bits per heavy atom. The van der Waals surface area contributed by atoms with Crippen molar-refractivity contribution in [2.75, 3.05) is 26.1 Å². The van der Waals surface area contributed by atoms with Gasteiger partial charge >= 0.3 is 5.69 Å². The van der Waals surface area contributed by atoms with Crippen molar-refractivity contribution in [3.63, 3.8) is 0 Å². The molecule has 0 amide bonds. The topological polar surface area (TPSA) is 126 Å². The summed E-state index contributed by atoms with van der Waals surface area (Å²) >= 11 is 0. The van der Waals surface area contributed by atoms with Crippen molar-refractivity contribution in [1.29, 1.82) is 0 Å². The summed E-state index contributed by atoms with van der Waals surface area (Å²) in [7, 11) is 3.06. The number of aromatic nitrogens is 3. The molecule has 3 heterocycles. The summed E-state index contributed by atoms with van der Waals surface area (Å²) < 4.78 is 29.1. The number of aliphatic hydroxyl groups is 1. The van der Waals surface area contributed by atoms with Gasteiger partial charge in [0.15, 0.2) is 6.23 Å². The Labute approximate surface area is 236 Å². The van der Waals surface area contributed by atoms with Crippen molar-refractivity contribution in [2.24, 2.45) is 0 Å². The van der Waals surface area contributed by atoms with Crippen LogP contribution in [0, 0.1) is 0 Å². The molecule has 1 aromatic heterocycles. The van der Waals surface area contributed by atoms with Gasteiger partial charge in [0.05, 0.1) is 13.7 Å². The lowest BCUT2D eigenvalue weighted by Crippen LogP contribution is -2.40. The molecule has 11 nitrogen and oxygen atoms in total. The summed E-state index contributed by atoms with van der Waals surface area (Å²) in [5, 5.41) is 13.3. The van der Waals surface area contributed by atoms with Gasteiger partial charge in [-0.2, -0.15) is 4.98 Å². The van der Waals surface area contributed by atoms with Gasteiger partial charge in [-0.3, -0.25) is 4.57 Å². The van der Waals surface area contributed by atoms with E-state index in [9.17, 15) is 9.90 Å². The van der Waals surface area contributed by atoms with Crippen molar-refractivity contribution in [3.8, 4) is 5.75 Å². The molecule has 4 aromatic rings. The highest BCUT2D eigenvalue weighted by atomic mass is 16.9. The lowest BCUT2D eigenvalue weighted by molar-refractivity contribution is -0.257. The number of rotatable bonds is 9. The first-order chi connectivity index (χ1) is 20.1. The third-order valence-electron chi connectivity index (χ3n) is 7.43. The highest BCUT2D eigenvalue weighted by molar-refractivity contribution is 5.57. The number of nitrogens with one attached hydrogen (secondary N) is 1. The maximum absolute atomic E-state index is 13.4. The Balaban J connectivity index is 1.42. The number of fused-ring (bicyclic) bond motifs is 1. The quantitative estimate of drug-likeness (QED) is 0.296. The van der Waals surface area contributed by atoms with Gasteiger partial charge in [0.2, 0.25) is 5.95 Å².